The Kier molecular flexibility index (Phi) is 11.2. The van der Waals surface area contributed by atoms with E-state index in [4.69, 9.17) is 5.73 Å². The number of halogens is 2. The number of piperidine rings is 1. The van der Waals surface area contributed by atoms with Crippen LogP contribution in [0.3, 0.4) is 0 Å². The molecule has 29 heavy (non-hydrogen) atoms. The van der Waals surface area contributed by atoms with Crippen molar-refractivity contribution >= 4 is 30.7 Å². The van der Waals surface area contributed by atoms with Gasteiger partial charge >= 0.3 is 0 Å². The number of carbonyl (C=O) groups excluding carboxylic acids is 1. The Morgan fingerprint density at radius 3 is 2.21 bits per heavy atom. The minimum atomic E-state index is -0.541. The summed E-state index contributed by atoms with van der Waals surface area (Å²) in [6.07, 6.45) is 2.11. The fraction of sp³-hybridized carbons (Fsp3) is 0.409. The smallest absolute Gasteiger partial charge is 0.237 e. The molecule has 1 saturated heterocycles. The van der Waals surface area contributed by atoms with Gasteiger partial charge in [0.05, 0.1) is 12.1 Å². The van der Waals surface area contributed by atoms with E-state index in [1.165, 1.54) is 5.56 Å². The third-order valence-corrected chi connectivity index (χ3v) is 5.09. The number of aliphatic hydroxyl groups is 1. The van der Waals surface area contributed by atoms with Crippen LogP contribution >= 0.6 is 24.8 Å². The molecule has 0 saturated carbocycles. The number of aliphatic hydroxyl groups excluding tert-OH is 1. The Morgan fingerprint density at radius 1 is 1.00 bits per heavy atom. The molecule has 0 bridgehead atoms. The predicted octanol–water partition coefficient (Wildman–Crippen LogP) is 2.67. The van der Waals surface area contributed by atoms with Gasteiger partial charge in [0.1, 0.15) is 0 Å². The van der Waals surface area contributed by atoms with E-state index in [1.807, 2.05) is 30.3 Å². The fourth-order valence-corrected chi connectivity index (χ4v) is 3.38. The van der Waals surface area contributed by atoms with Crippen molar-refractivity contribution in [2.24, 2.45) is 5.73 Å². The maximum absolute atomic E-state index is 12.2. The normalized spacial score (nSPS) is 15.7. The highest BCUT2D eigenvalue weighted by Gasteiger charge is 2.17. The van der Waals surface area contributed by atoms with Crippen molar-refractivity contribution in [3.63, 3.8) is 0 Å². The molecular formula is C22H31Cl2N3O2. The van der Waals surface area contributed by atoms with Crippen LogP contribution in [0.5, 0.6) is 0 Å². The summed E-state index contributed by atoms with van der Waals surface area (Å²) in [7, 11) is 0. The second-order valence-corrected chi connectivity index (χ2v) is 7.34. The Hall–Kier alpha value is -1.63. The quantitative estimate of drug-likeness (QED) is 0.619. The molecule has 7 heteroatoms. The SMILES string of the molecule is Cl.Cl.NC(Cc1ccccc1)C(=O)NCc1ccc(CN2CCC(O)CC2)cc1. The lowest BCUT2D eigenvalue weighted by Crippen LogP contribution is -2.41. The molecule has 1 aliphatic rings. The molecule has 0 radical (unpaired) electrons. The third-order valence-electron chi connectivity index (χ3n) is 5.09. The van der Waals surface area contributed by atoms with E-state index in [0.29, 0.717) is 13.0 Å². The molecule has 1 atom stereocenters. The molecule has 160 valence electrons. The molecule has 4 N–H and O–H groups in total. The van der Waals surface area contributed by atoms with Gasteiger partial charge in [0.2, 0.25) is 5.91 Å². The Labute approximate surface area is 185 Å². The molecule has 1 unspecified atom stereocenters. The summed E-state index contributed by atoms with van der Waals surface area (Å²) in [6.45, 7) is 3.27. The van der Waals surface area contributed by atoms with E-state index in [2.05, 4.69) is 34.5 Å². The van der Waals surface area contributed by atoms with Crippen molar-refractivity contribution in [1.82, 2.24) is 10.2 Å². The standard InChI is InChI=1S/C22H29N3O2.2ClH/c23-21(14-17-4-2-1-3-5-17)22(27)24-15-18-6-8-19(9-7-18)16-25-12-10-20(26)11-13-25;;/h1-9,20-21,26H,10-16,23H2,(H,24,27);2*1H. The zero-order valence-electron chi connectivity index (χ0n) is 16.5. The summed E-state index contributed by atoms with van der Waals surface area (Å²) >= 11 is 0. The van der Waals surface area contributed by atoms with Gasteiger partial charge in [0.15, 0.2) is 0 Å². The van der Waals surface area contributed by atoms with Crippen LogP contribution in [-0.2, 0) is 24.3 Å². The first-order valence-corrected chi connectivity index (χ1v) is 9.65. The maximum atomic E-state index is 12.2. The minimum Gasteiger partial charge on any atom is -0.393 e. The molecule has 0 spiro atoms. The van der Waals surface area contributed by atoms with Crippen molar-refractivity contribution in [1.29, 1.82) is 0 Å². The second kappa shape index (κ2) is 12.8. The minimum absolute atomic E-state index is 0. The van der Waals surface area contributed by atoms with Gasteiger partial charge in [-0.25, -0.2) is 0 Å². The van der Waals surface area contributed by atoms with E-state index in [-0.39, 0.29) is 36.8 Å². The van der Waals surface area contributed by atoms with Crippen LogP contribution in [0.1, 0.15) is 29.5 Å². The molecule has 2 aromatic rings. The molecule has 0 aliphatic carbocycles. The molecule has 5 nitrogen and oxygen atoms in total. The average Bonchev–Trinajstić information content (AvgIpc) is 2.69. The first-order chi connectivity index (χ1) is 13.1. The van der Waals surface area contributed by atoms with Crippen molar-refractivity contribution in [2.75, 3.05) is 13.1 Å². The van der Waals surface area contributed by atoms with E-state index in [0.717, 1.165) is 43.6 Å². The number of amides is 1. The number of likely N-dealkylation sites (tertiary alicyclic amines) is 1. The van der Waals surface area contributed by atoms with Crippen molar-refractivity contribution in [2.45, 2.75) is 44.5 Å². The largest absolute Gasteiger partial charge is 0.393 e. The molecule has 1 fully saturated rings. The molecule has 0 aromatic heterocycles. The van der Waals surface area contributed by atoms with Crippen LogP contribution in [0, 0.1) is 0 Å². The molecule has 2 aromatic carbocycles. The van der Waals surface area contributed by atoms with E-state index >= 15 is 0 Å². The molecule has 1 amide bonds. The van der Waals surface area contributed by atoms with Gasteiger partial charge in [-0.1, -0.05) is 54.6 Å². The van der Waals surface area contributed by atoms with Gasteiger partial charge in [0.25, 0.3) is 0 Å². The van der Waals surface area contributed by atoms with Gasteiger partial charge in [-0.3, -0.25) is 9.69 Å². The Morgan fingerprint density at radius 2 is 1.59 bits per heavy atom. The lowest BCUT2D eigenvalue weighted by molar-refractivity contribution is -0.122. The van der Waals surface area contributed by atoms with E-state index in [1.54, 1.807) is 0 Å². The van der Waals surface area contributed by atoms with Gasteiger partial charge in [-0.2, -0.15) is 0 Å². The van der Waals surface area contributed by atoms with Crippen molar-refractivity contribution < 1.29 is 9.90 Å². The average molecular weight is 440 g/mol. The predicted molar refractivity (Wildman–Crippen MR) is 121 cm³/mol. The highest BCUT2D eigenvalue weighted by atomic mass is 35.5. The zero-order valence-corrected chi connectivity index (χ0v) is 18.1. The fourth-order valence-electron chi connectivity index (χ4n) is 3.38. The number of hydrogen-bond donors (Lipinski definition) is 3. The number of hydrogen-bond acceptors (Lipinski definition) is 4. The summed E-state index contributed by atoms with van der Waals surface area (Å²) in [5.41, 5.74) is 9.40. The van der Waals surface area contributed by atoms with E-state index in [9.17, 15) is 9.90 Å². The van der Waals surface area contributed by atoms with Gasteiger partial charge in [0, 0.05) is 26.2 Å². The number of nitrogens with one attached hydrogen (secondary N) is 1. The monoisotopic (exact) mass is 439 g/mol. The highest BCUT2D eigenvalue weighted by molar-refractivity contribution is 5.85. The number of rotatable bonds is 7. The van der Waals surface area contributed by atoms with Crippen LogP contribution in [0.2, 0.25) is 0 Å². The van der Waals surface area contributed by atoms with Gasteiger partial charge in [-0.15, -0.1) is 24.8 Å². The van der Waals surface area contributed by atoms with Crippen molar-refractivity contribution in [3.05, 3.63) is 71.3 Å². The number of carbonyl (C=O) groups is 1. The van der Waals surface area contributed by atoms with Crippen LogP contribution in [0.25, 0.3) is 0 Å². The lowest BCUT2D eigenvalue weighted by Gasteiger charge is -2.29. The van der Waals surface area contributed by atoms with Crippen LogP contribution in [-0.4, -0.2) is 41.1 Å². The third kappa shape index (κ3) is 8.33. The summed E-state index contributed by atoms with van der Waals surface area (Å²) in [6, 6.07) is 17.6. The van der Waals surface area contributed by atoms with Crippen molar-refractivity contribution in [3.8, 4) is 0 Å². The summed E-state index contributed by atoms with van der Waals surface area (Å²) in [5.74, 6) is -0.130. The first-order valence-electron chi connectivity index (χ1n) is 9.65. The number of benzene rings is 2. The summed E-state index contributed by atoms with van der Waals surface area (Å²) < 4.78 is 0. The molecule has 1 heterocycles. The first kappa shape index (κ1) is 25.4. The topological polar surface area (TPSA) is 78.6 Å². The zero-order chi connectivity index (χ0) is 19.1. The summed E-state index contributed by atoms with van der Waals surface area (Å²) in [5, 5.41) is 12.5. The Balaban J connectivity index is 0.00000210. The second-order valence-electron chi connectivity index (χ2n) is 7.34. The number of nitrogens with two attached hydrogens (primary N) is 1. The number of nitrogens with zero attached hydrogens (tertiary/aromatic N) is 1. The summed E-state index contributed by atoms with van der Waals surface area (Å²) in [4.78, 5) is 14.6. The van der Waals surface area contributed by atoms with Crippen LogP contribution < -0.4 is 11.1 Å². The van der Waals surface area contributed by atoms with Crippen LogP contribution in [0.4, 0.5) is 0 Å². The maximum Gasteiger partial charge on any atom is 0.237 e. The van der Waals surface area contributed by atoms with Gasteiger partial charge in [-0.05, 0) is 36.0 Å². The molecular weight excluding hydrogens is 409 g/mol. The van der Waals surface area contributed by atoms with Gasteiger partial charge < -0.3 is 16.2 Å². The molecule has 1 aliphatic heterocycles. The lowest BCUT2D eigenvalue weighted by atomic mass is 10.1. The Bertz CT molecular complexity index is 721. The van der Waals surface area contributed by atoms with E-state index < -0.39 is 6.04 Å². The molecule has 3 rings (SSSR count). The van der Waals surface area contributed by atoms with Crippen LogP contribution in [0.15, 0.2) is 54.6 Å². The highest BCUT2D eigenvalue weighted by Crippen LogP contribution is 2.14.